The number of carbonyl (C=O) groups excluding carboxylic acids is 3. The molecule has 2 heterocycles. The molecule has 0 aromatic carbocycles. The summed E-state index contributed by atoms with van der Waals surface area (Å²) in [6, 6.07) is 0. The van der Waals surface area contributed by atoms with Crippen LogP contribution in [-0.2, 0) is 14.4 Å². The second-order valence-corrected chi connectivity index (χ2v) is 3.36. The molecule has 2 amide bonds. The van der Waals surface area contributed by atoms with Gasteiger partial charge in [-0.05, 0) is 0 Å². The number of carbonyl (C=O) groups is 3. The Morgan fingerprint density at radius 3 is 2.36 bits per heavy atom. The van der Waals surface area contributed by atoms with Gasteiger partial charge in [-0.1, -0.05) is 0 Å². The van der Waals surface area contributed by atoms with Gasteiger partial charge in [0.2, 0.25) is 11.9 Å². The van der Waals surface area contributed by atoms with Gasteiger partial charge in [-0.2, -0.15) is 4.99 Å². The van der Waals surface area contributed by atoms with E-state index in [4.69, 9.17) is 0 Å². The molecule has 0 aromatic heterocycles. The van der Waals surface area contributed by atoms with Gasteiger partial charge in [-0.15, -0.1) is 0 Å². The third-order valence-electron chi connectivity index (χ3n) is 2.16. The zero-order valence-electron chi connectivity index (χ0n) is 7.69. The molecule has 1 fully saturated rings. The first-order valence-corrected chi connectivity index (χ1v) is 4.22. The maximum Gasteiger partial charge on any atom is 0.268 e. The van der Waals surface area contributed by atoms with Crippen molar-refractivity contribution < 1.29 is 14.4 Å². The summed E-state index contributed by atoms with van der Waals surface area (Å²) in [6.07, 6.45) is -0.0823. The van der Waals surface area contributed by atoms with Crippen LogP contribution in [0.15, 0.2) is 4.99 Å². The van der Waals surface area contributed by atoms with Crippen LogP contribution in [0.5, 0.6) is 0 Å². The summed E-state index contributed by atoms with van der Waals surface area (Å²) in [6.45, 7) is 0.211. The maximum atomic E-state index is 11.3. The van der Waals surface area contributed by atoms with E-state index in [9.17, 15) is 14.4 Å². The van der Waals surface area contributed by atoms with Crippen molar-refractivity contribution in [2.45, 2.75) is 6.42 Å². The van der Waals surface area contributed by atoms with Gasteiger partial charge in [0.15, 0.2) is 5.78 Å². The summed E-state index contributed by atoms with van der Waals surface area (Å²) in [5.74, 6) is -0.402. The average Bonchev–Trinajstić information content (AvgIpc) is 2.55. The van der Waals surface area contributed by atoms with Gasteiger partial charge < -0.3 is 4.90 Å². The Kier molecular flexibility index (Phi) is 1.83. The zero-order valence-corrected chi connectivity index (χ0v) is 7.69. The Labute approximate surface area is 80.2 Å². The van der Waals surface area contributed by atoms with Gasteiger partial charge in [-0.25, -0.2) is 0 Å². The van der Waals surface area contributed by atoms with Crippen LogP contribution in [0, 0.1) is 0 Å². The summed E-state index contributed by atoms with van der Waals surface area (Å²) in [5, 5.41) is 0. The molecule has 0 N–H and O–H groups in total. The minimum atomic E-state index is -0.283. The largest absolute Gasteiger partial charge is 0.336 e. The lowest BCUT2D eigenvalue weighted by atomic mass is 10.3. The molecular weight excluding hydrogens is 186 g/mol. The number of likely N-dealkylation sites (tertiary alicyclic amines) is 1. The zero-order chi connectivity index (χ0) is 10.3. The van der Waals surface area contributed by atoms with Crippen LogP contribution in [-0.4, -0.2) is 53.5 Å². The number of aliphatic imine (C=N–C) groups is 1. The smallest absolute Gasteiger partial charge is 0.268 e. The van der Waals surface area contributed by atoms with E-state index in [1.165, 1.54) is 4.90 Å². The summed E-state index contributed by atoms with van der Waals surface area (Å²) in [7, 11) is 1.67. The summed E-state index contributed by atoms with van der Waals surface area (Å²) in [4.78, 5) is 39.8. The molecule has 1 saturated heterocycles. The second-order valence-electron chi connectivity index (χ2n) is 3.36. The molecule has 0 bridgehead atoms. The monoisotopic (exact) mass is 195 g/mol. The van der Waals surface area contributed by atoms with Crippen molar-refractivity contribution in [3.05, 3.63) is 0 Å². The number of likely N-dealkylation sites (N-methyl/N-ethyl adjacent to an activating group) is 1. The van der Waals surface area contributed by atoms with Gasteiger partial charge in [0.25, 0.3) is 5.91 Å². The van der Waals surface area contributed by atoms with Crippen LogP contribution in [0.4, 0.5) is 0 Å². The molecule has 2 aliphatic rings. The highest BCUT2D eigenvalue weighted by molar-refractivity contribution is 6.16. The van der Waals surface area contributed by atoms with Crippen molar-refractivity contribution in [2.24, 2.45) is 4.99 Å². The number of guanidine groups is 1. The fourth-order valence-electron chi connectivity index (χ4n) is 1.54. The fraction of sp³-hybridized carbons (Fsp3) is 0.500. The quantitative estimate of drug-likeness (QED) is 0.446. The summed E-state index contributed by atoms with van der Waals surface area (Å²) in [5.41, 5.74) is 0. The molecule has 0 atom stereocenters. The molecule has 0 aromatic rings. The molecule has 6 heteroatoms. The molecule has 0 aliphatic carbocycles. The minimum absolute atomic E-state index is 0.0370. The molecular formula is C8H9N3O3. The Hall–Kier alpha value is -1.72. The van der Waals surface area contributed by atoms with Crippen LogP contribution in [0.1, 0.15) is 6.42 Å². The van der Waals surface area contributed by atoms with Gasteiger partial charge >= 0.3 is 0 Å². The van der Waals surface area contributed by atoms with Crippen molar-refractivity contribution in [1.29, 1.82) is 0 Å². The standard InChI is InChI=1S/C8H9N3O3/c1-10-4-6(13)9-8(10)11-3-5(12)2-7(11)14/h2-4H2,1H3. The topological polar surface area (TPSA) is 70.1 Å². The molecule has 0 radical (unpaired) electrons. The van der Waals surface area contributed by atoms with Crippen LogP contribution >= 0.6 is 0 Å². The van der Waals surface area contributed by atoms with Crippen molar-refractivity contribution >= 4 is 23.6 Å². The Balaban J connectivity index is 2.24. The number of rotatable bonds is 0. The number of ketones is 1. The highest BCUT2D eigenvalue weighted by Gasteiger charge is 2.35. The Morgan fingerprint density at radius 2 is 1.93 bits per heavy atom. The minimum Gasteiger partial charge on any atom is -0.336 e. The van der Waals surface area contributed by atoms with E-state index in [2.05, 4.69) is 4.99 Å². The highest BCUT2D eigenvalue weighted by atomic mass is 16.2. The first-order chi connectivity index (χ1) is 6.58. The summed E-state index contributed by atoms with van der Waals surface area (Å²) < 4.78 is 0. The molecule has 14 heavy (non-hydrogen) atoms. The average molecular weight is 195 g/mol. The fourth-order valence-corrected chi connectivity index (χ4v) is 1.54. The number of hydrogen-bond donors (Lipinski definition) is 0. The van der Waals surface area contributed by atoms with E-state index in [0.717, 1.165) is 0 Å². The van der Waals surface area contributed by atoms with Crippen molar-refractivity contribution in [1.82, 2.24) is 9.80 Å². The number of hydrogen-bond acceptors (Lipinski definition) is 4. The maximum absolute atomic E-state index is 11.3. The lowest BCUT2D eigenvalue weighted by Gasteiger charge is -2.20. The van der Waals surface area contributed by atoms with Crippen molar-refractivity contribution in [3.63, 3.8) is 0 Å². The van der Waals surface area contributed by atoms with E-state index in [-0.39, 0.29) is 37.1 Å². The van der Waals surface area contributed by atoms with Gasteiger partial charge in [0.05, 0.1) is 13.0 Å². The van der Waals surface area contributed by atoms with E-state index in [1.807, 2.05) is 0 Å². The first kappa shape index (κ1) is 8.86. The lowest BCUT2D eigenvalue weighted by Crippen LogP contribution is -2.40. The van der Waals surface area contributed by atoms with Crippen LogP contribution in [0.2, 0.25) is 0 Å². The Bertz CT molecular complexity index is 361. The summed E-state index contributed by atoms with van der Waals surface area (Å²) >= 11 is 0. The molecule has 2 aliphatic heterocycles. The molecule has 0 unspecified atom stereocenters. The SMILES string of the molecule is CN1CC(=O)N=C1N1CC(=O)CC1=O. The molecule has 0 saturated carbocycles. The molecule has 2 rings (SSSR count). The van der Waals surface area contributed by atoms with Crippen LogP contribution in [0.3, 0.4) is 0 Å². The van der Waals surface area contributed by atoms with E-state index in [1.54, 1.807) is 11.9 Å². The second kappa shape index (κ2) is 2.90. The third-order valence-corrected chi connectivity index (χ3v) is 2.16. The van der Waals surface area contributed by atoms with Gasteiger partial charge in [-0.3, -0.25) is 19.3 Å². The van der Waals surface area contributed by atoms with E-state index < -0.39 is 0 Å². The van der Waals surface area contributed by atoms with Crippen LogP contribution in [0.25, 0.3) is 0 Å². The molecule has 74 valence electrons. The van der Waals surface area contributed by atoms with E-state index >= 15 is 0 Å². The number of nitrogens with zero attached hydrogens (tertiary/aromatic N) is 3. The number of amides is 2. The predicted molar refractivity (Wildman–Crippen MR) is 46.4 cm³/mol. The first-order valence-electron chi connectivity index (χ1n) is 4.22. The number of Topliss-reactive ketones (excluding diaryl/α,β-unsaturated/α-hetero) is 1. The lowest BCUT2D eigenvalue weighted by molar-refractivity contribution is -0.125. The molecule has 0 spiro atoms. The predicted octanol–water partition coefficient (Wildman–Crippen LogP) is -1.38. The third kappa shape index (κ3) is 1.28. The van der Waals surface area contributed by atoms with Gasteiger partial charge in [0, 0.05) is 7.05 Å². The van der Waals surface area contributed by atoms with Crippen molar-refractivity contribution in [3.8, 4) is 0 Å². The van der Waals surface area contributed by atoms with Crippen molar-refractivity contribution in [2.75, 3.05) is 20.1 Å². The molecule has 6 nitrogen and oxygen atoms in total. The van der Waals surface area contributed by atoms with Crippen LogP contribution < -0.4 is 0 Å². The Morgan fingerprint density at radius 1 is 1.21 bits per heavy atom. The van der Waals surface area contributed by atoms with E-state index in [0.29, 0.717) is 5.96 Å². The van der Waals surface area contributed by atoms with Gasteiger partial charge in [0.1, 0.15) is 6.54 Å². The highest BCUT2D eigenvalue weighted by Crippen LogP contribution is 2.12. The normalized spacial score (nSPS) is 22.4.